The van der Waals surface area contributed by atoms with Crippen LogP contribution in [0.25, 0.3) is 0 Å². The summed E-state index contributed by atoms with van der Waals surface area (Å²) in [6.45, 7) is 5.88. The Morgan fingerprint density at radius 3 is 1.83 bits per heavy atom. The molecule has 0 saturated carbocycles. The van der Waals surface area contributed by atoms with Gasteiger partial charge in [-0.05, 0) is 31.9 Å². The van der Waals surface area contributed by atoms with Crippen molar-refractivity contribution in [2.45, 2.75) is 20.8 Å². The minimum absolute atomic E-state index is 0. The maximum atomic E-state index is 10.4. The molecule has 1 nitrogen and oxygen atoms in total. The van der Waals surface area contributed by atoms with Crippen LogP contribution in [-0.4, -0.2) is 6.29 Å². The van der Waals surface area contributed by atoms with Gasteiger partial charge in [0.1, 0.15) is 0 Å². The number of carbonyl (C=O) groups excluding carboxylic acids is 1. The molecule has 0 aliphatic heterocycles. The van der Waals surface area contributed by atoms with Crippen molar-refractivity contribution >= 4 is 6.29 Å². The van der Waals surface area contributed by atoms with Crippen LogP contribution in [0.1, 0.15) is 22.3 Å². The second-order valence-corrected chi connectivity index (χ2v) is 2.88. The third-order valence-electron chi connectivity index (χ3n) is 1.78. The first-order valence-corrected chi connectivity index (χ1v) is 3.61. The largest absolute Gasteiger partial charge is 0.285 e. The molecule has 2 heteroatoms. The van der Waals surface area contributed by atoms with Crippen molar-refractivity contribution in [2.24, 2.45) is 0 Å². The molecule has 0 atom stereocenters. The number of aryl methyl sites for hydroxylation is 3. The van der Waals surface area contributed by atoms with E-state index in [0.29, 0.717) is 5.56 Å². The Kier molecular flexibility index (Phi) is 4.43. The summed E-state index contributed by atoms with van der Waals surface area (Å²) in [5, 5.41) is 0. The summed E-state index contributed by atoms with van der Waals surface area (Å²) in [4.78, 5) is 10.4. The standard InChI is InChI=1S/C10H11O.Ti/c1-7-4-8(2)10(6-11)9(3)5-7;/h4-5H,1-3H3;. The Bertz CT molecular complexity index is 269. The number of hydrogen-bond donors (Lipinski definition) is 0. The maximum absolute atomic E-state index is 10.4. The van der Waals surface area contributed by atoms with Gasteiger partial charge in [-0.25, -0.2) is 0 Å². The molecule has 0 aliphatic carbocycles. The van der Waals surface area contributed by atoms with E-state index in [1.807, 2.05) is 39.2 Å². The fourth-order valence-corrected chi connectivity index (χ4v) is 1.34. The van der Waals surface area contributed by atoms with E-state index in [1.165, 1.54) is 5.56 Å². The summed E-state index contributed by atoms with van der Waals surface area (Å²) in [6.07, 6.45) is 1.94. The molecular weight excluding hydrogens is 184 g/mol. The van der Waals surface area contributed by atoms with Gasteiger partial charge in [-0.3, -0.25) is 4.79 Å². The predicted octanol–water partition coefficient (Wildman–Crippen LogP) is 2.07. The van der Waals surface area contributed by atoms with Gasteiger partial charge in [0.05, 0.1) is 0 Å². The second-order valence-electron chi connectivity index (χ2n) is 2.88. The molecule has 0 aliphatic rings. The summed E-state index contributed by atoms with van der Waals surface area (Å²) < 4.78 is 0. The summed E-state index contributed by atoms with van der Waals surface area (Å²) in [6, 6.07) is 3.99. The average molecular weight is 195 g/mol. The third kappa shape index (κ3) is 2.29. The molecule has 0 bridgehead atoms. The Hall–Kier alpha value is -0.396. The zero-order chi connectivity index (χ0) is 8.43. The third-order valence-corrected chi connectivity index (χ3v) is 1.78. The molecule has 1 rings (SSSR count). The Labute approximate surface area is 88.1 Å². The smallest absolute Gasteiger partial charge is 0.234 e. The van der Waals surface area contributed by atoms with Gasteiger partial charge in [0.25, 0.3) is 0 Å². The van der Waals surface area contributed by atoms with E-state index >= 15 is 0 Å². The first kappa shape index (κ1) is 11.6. The Balaban J connectivity index is 0.00000121. The minimum Gasteiger partial charge on any atom is -0.285 e. The summed E-state index contributed by atoms with van der Waals surface area (Å²) in [5.74, 6) is 0. The molecule has 0 unspecified atom stereocenters. The van der Waals surface area contributed by atoms with E-state index in [-0.39, 0.29) is 21.7 Å². The zero-order valence-corrected chi connectivity index (χ0v) is 9.12. The molecule has 0 saturated heterocycles. The zero-order valence-electron chi connectivity index (χ0n) is 7.56. The van der Waals surface area contributed by atoms with Gasteiger partial charge in [0.15, 0.2) is 0 Å². The molecule has 0 spiro atoms. The van der Waals surface area contributed by atoms with Gasteiger partial charge >= 0.3 is 0 Å². The Morgan fingerprint density at radius 1 is 1.08 bits per heavy atom. The molecule has 0 fully saturated rings. The van der Waals surface area contributed by atoms with E-state index in [2.05, 4.69) is 0 Å². The minimum atomic E-state index is 0. The molecule has 1 radical (unpaired) electrons. The van der Waals surface area contributed by atoms with E-state index in [9.17, 15) is 4.79 Å². The van der Waals surface area contributed by atoms with Crippen LogP contribution < -0.4 is 0 Å². The van der Waals surface area contributed by atoms with Crippen molar-refractivity contribution in [1.82, 2.24) is 0 Å². The Morgan fingerprint density at radius 2 is 1.50 bits per heavy atom. The first-order valence-electron chi connectivity index (χ1n) is 3.61. The summed E-state index contributed by atoms with van der Waals surface area (Å²) in [7, 11) is 0. The molecule has 61 valence electrons. The molecule has 1 aromatic rings. The van der Waals surface area contributed by atoms with E-state index < -0.39 is 0 Å². The monoisotopic (exact) mass is 195 g/mol. The normalized spacial score (nSPS) is 8.92. The molecule has 0 heterocycles. The van der Waals surface area contributed by atoms with E-state index in [1.54, 1.807) is 0 Å². The molecular formula is C10H11OTi. The quantitative estimate of drug-likeness (QED) is 0.627. The van der Waals surface area contributed by atoms with Crippen molar-refractivity contribution in [2.75, 3.05) is 0 Å². The number of rotatable bonds is 1. The van der Waals surface area contributed by atoms with Crippen LogP contribution in [0.2, 0.25) is 0 Å². The fraction of sp³-hybridized carbons (Fsp3) is 0.300. The van der Waals surface area contributed by atoms with Gasteiger partial charge in [0.2, 0.25) is 6.29 Å². The maximum Gasteiger partial charge on any atom is 0.234 e. The summed E-state index contributed by atoms with van der Waals surface area (Å²) >= 11 is 0. The van der Waals surface area contributed by atoms with Crippen LogP contribution in [0, 0.1) is 20.8 Å². The molecule has 12 heavy (non-hydrogen) atoms. The fourth-order valence-electron chi connectivity index (χ4n) is 1.34. The van der Waals surface area contributed by atoms with Crippen LogP contribution in [0.3, 0.4) is 0 Å². The van der Waals surface area contributed by atoms with Gasteiger partial charge in [-0.15, -0.1) is 0 Å². The first-order chi connectivity index (χ1) is 5.15. The topological polar surface area (TPSA) is 17.1 Å². The average Bonchev–Trinajstić information content (AvgIpc) is 1.85. The molecule has 0 N–H and O–H groups in total. The SMILES string of the molecule is Cc1cc(C)c([C]=O)c(C)c1.[Ti]. The van der Waals surface area contributed by atoms with Crippen LogP contribution in [0.4, 0.5) is 0 Å². The number of benzene rings is 1. The van der Waals surface area contributed by atoms with Crippen LogP contribution >= 0.6 is 0 Å². The number of hydrogen-bond acceptors (Lipinski definition) is 1. The van der Waals surface area contributed by atoms with Gasteiger partial charge < -0.3 is 0 Å². The van der Waals surface area contributed by atoms with Crippen molar-refractivity contribution in [3.63, 3.8) is 0 Å². The van der Waals surface area contributed by atoms with Gasteiger partial charge in [0, 0.05) is 27.3 Å². The van der Waals surface area contributed by atoms with Crippen molar-refractivity contribution < 1.29 is 26.5 Å². The van der Waals surface area contributed by atoms with E-state index in [0.717, 1.165) is 11.1 Å². The van der Waals surface area contributed by atoms with Crippen molar-refractivity contribution in [3.8, 4) is 0 Å². The summed E-state index contributed by atoms with van der Waals surface area (Å²) in [5.41, 5.74) is 3.92. The molecule has 0 amide bonds. The molecule has 0 aromatic heterocycles. The predicted molar refractivity (Wildman–Crippen MR) is 45.4 cm³/mol. The van der Waals surface area contributed by atoms with E-state index in [4.69, 9.17) is 0 Å². The van der Waals surface area contributed by atoms with Crippen molar-refractivity contribution in [1.29, 1.82) is 0 Å². The van der Waals surface area contributed by atoms with Crippen LogP contribution in [0.5, 0.6) is 0 Å². The van der Waals surface area contributed by atoms with Gasteiger partial charge in [-0.2, -0.15) is 0 Å². The van der Waals surface area contributed by atoms with Gasteiger partial charge in [-0.1, -0.05) is 17.7 Å². The van der Waals surface area contributed by atoms with Crippen LogP contribution in [-0.2, 0) is 26.5 Å². The van der Waals surface area contributed by atoms with Crippen molar-refractivity contribution in [3.05, 3.63) is 34.4 Å². The second kappa shape index (κ2) is 4.59. The molecule has 1 aromatic carbocycles. The van der Waals surface area contributed by atoms with Crippen LogP contribution in [0.15, 0.2) is 12.1 Å².